The molecule has 11 nitrogen and oxygen atoms in total. The molecule has 12 heteroatoms. The molecule has 0 saturated heterocycles. The fourth-order valence-corrected chi connectivity index (χ4v) is 3.29. The van der Waals surface area contributed by atoms with Crippen LogP contribution in [0.25, 0.3) is 22.6 Å². The van der Waals surface area contributed by atoms with Gasteiger partial charge in [-0.05, 0) is 36.0 Å². The minimum atomic E-state index is -0.715. The van der Waals surface area contributed by atoms with Gasteiger partial charge < -0.3 is 8.83 Å². The fourth-order valence-electron chi connectivity index (χ4n) is 2.41. The van der Waals surface area contributed by atoms with Crippen molar-refractivity contribution in [3.8, 4) is 11.7 Å². The van der Waals surface area contributed by atoms with Crippen molar-refractivity contribution in [3.05, 3.63) is 63.0 Å². The molecule has 0 amide bonds. The molecule has 0 spiro atoms. The highest BCUT2D eigenvalue weighted by Crippen LogP contribution is 2.43. The number of furan rings is 1. The fraction of sp³-hybridized carbons (Fsp3) is 0. The summed E-state index contributed by atoms with van der Waals surface area (Å²) in [6.07, 6.45) is 2.83. The molecular weight excluding hydrogens is 378 g/mol. The highest BCUT2D eigenvalue weighted by atomic mass is 32.2. The van der Waals surface area contributed by atoms with Crippen molar-refractivity contribution in [1.82, 2.24) is 15.2 Å². The molecule has 3 aromatic heterocycles. The van der Waals surface area contributed by atoms with Crippen molar-refractivity contribution >= 4 is 34.0 Å². The van der Waals surface area contributed by atoms with Crippen LogP contribution in [-0.4, -0.2) is 25.0 Å². The Balaban J connectivity index is 1.86. The van der Waals surface area contributed by atoms with Crippen molar-refractivity contribution in [1.29, 1.82) is 0 Å². The number of hydrogen-bond acceptors (Lipinski definition) is 10. The molecule has 0 bridgehead atoms. The van der Waals surface area contributed by atoms with Gasteiger partial charge in [-0.2, -0.15) is 0 Å². The zero-order valence-electron chi connectivity index (χ0n) is 13.1. The maximum absolute atomic E-state index is 11.5. The maximum Gasteiger partial charge on any atom is 0.292 e. The lowest BCUT2D eigenvalue weighted by Crippen LogP contribution is -1.98. The molecule has 0 saturated carbocycles. The van der Waals surface area contributed by atoms with Crippen LogP contribution in [0.4, 0.5) is 11.4 Å². The van der Waals surface area contributed by atoms with Crippen LogP contribution in [0.15, 0.2) is 61.7 Å². The predicted molar refractivity (Wildman–Crippen MR) is 91.2 cm³/mol. The number of benzene rings is 1. The summed E-state index contributed by atoms with van der Waals surface area (Å²) in [7, 11) is 0. The van der Waals surface area contributed by atoms with E-state index in [4.69, 9.17) is 8.83 Å². The lowest BCUT2D eigenvalue weighted by atomic mass is 10.1. The van der Waals surface area contributed by atoms with Crippen LogP contribution in [0.3, 0.4) is 0 Å². The minimum absolute atomic E-state index is 0.00491. The second-order valence-electron chi connectivity index (χ2n) is 5.11. The molecule has 0 aliphatic rings. The third-order valence-electron chi connectivity index (χ3n) is 3.53. The number of nitro benzene ring substituents is 2. The average Bonchev–Trinajstić information content (AvgIpc) is 3.33. The standard InChI is InChI=1S/C15H7N5O6S/c21-19(22)9-7-10(20(23)24)13(12-8(9)3-1-5-16-12)27-15-18-17-14(26-15)11-4-2-6-25-11/h1-7H. The summed E-state index contributed by atoms with van der Waals surface area (Å²) in [5, 5.41) is 30.6. The molecule has 3 heterocycles. The number of pyridine rings is 1. The average molecular weight is 385 g/mol. The maximum atomic E-state index is 11.5. The first-order chi connectivity index (χ1) is 13.0. The summed E-state index contributed by atoms with van der Waals surface area (Å²) in [5.74, 6) is 0.444. The zero-order chi connectivity index (χ0) is 19.0. The van der Waals surface area contributed by atoms with Gasteiger partial charge in [-0.15, -0.1) is 10.2 Å². The van der Waals surface area contributed by atoms with Crippen molar-refractivity contribution in [2.45, 2.75) is 10.1 Å². The Morgan fingerprint density at radius 2 is 1.85 bits per heavy atom. The number of aromatic nitrogens is 3. The van der Waals surface area contributed by atoms with E-state index >= 15 is 0 Å². The van der Waals surface area contributed by atoms with Gasteiger partial charge in [0.2, 0.25) is 0 Å². The smallest absolute Gasteiger partial charge is 0.292 e. The van der Waals surface area contributed by atoms with Crippen LogP contribution in [0, 0.1) is 20.2 Å². The van der Waals surface area contributed by atoms with Gasteiger partial charge in [0.05, 0.1) is 33.1 Å². The van der Waals surface area contributed by atoms with Crippen LogP contribution in [0.2, 0.25) is 0 Å². The summed E-state index contributed by atoms with van der Waals surface area (Å²) >= 11 is 0.802. The van der Waals surface area contributed by atoms with Crippen molar-refractivity contribution in [3.63, 3.8) is 0 Å². The Kier molecular flexibility index (Phi) is 4.01. The number of rotatable bonds is 5. The molecule has 4 rings (SSSR count). The second-order valence-corrected chi connectivity index (χ2v) is 6.07. The van der Waals surface area contributed by atoms with Crippen LogP contribution in [-0.2, 0) is 0 Å². The highest BCUT2D eigenvalue weighted by Gasteiger charge is 2.28. The summed E-state index contributed by atoms with van der Waals surface area (Å²) in [6, 6.07) is 7.14. The largest absolute Gasteiger partial charge is 0.459 e. The first-order valence-corrected chi connectivity index (χ1v) is 8.12. The van der Waals surface area contributed by atoms with E-state index in [2.05, 4.69) is 15.2 Å². The normalized spacial score (nSPS) is 11.0. The summed E-state index contributed by atoms with van der Waals surface area (Å²) in [4.78, 5) is 25.5. The van der Waals surface area contributed by atoms with Gasteiger partial charge in [0.15, 0.2) is 5.76 Å². The van der Waals surface area contributed by atoms with Gasteiger partial charge in [0, 0.05) is 6.20 Å². The van der Waals surface area contributed by atoms with Gasteiger partial charge in [-0.3, -0.25) is 25.2 Å². The molecule has 1 aromatic carbocycles. The number of hydrogen-bond donors (Lipinski definition) is 0. The van der Waals surface area contributed by atoms with E-state index in [1.54, 1.807) is 12.1 Å². The molecule has 0 atom stereocenters. The molecule has 0 aliphatic heterocycles. The van der Waals surface area contributed by atoms with E-state index in [1.807, 2.05) is 0 Å². The topological polar surface area (TPSA) is 151 Å². The number of fused-ring (bicyclic) bond motifs is 1. The SMILES string of the molecule is O=[N+]([O-])c1cc([N+](=O)[O-])c2cccnc2c1Sc1nnc(-c2ccco2)o1. The van der Waals surface area contributed by atoms with E-state index in [0.717, 1.165) is 17.8 Å². The number of non-ortho nitro benzene ring substituents is 1. The lowest BCUT2D eigenvalue weighted by molar-refractivity contribution is -0.394. The van der Waals surface area contributed by atoms with Crippen LogP contribution in [0.5, 0.6) is 0 Å². The molecular formula is C15H7N5O6S. The van der Waals surface area contributed by atoms with Gasteiger partial charge >= 0.3 is 0 Å². The Hall–Kier alpha value is -3.80. The van der Waals surface area contributed by atoms with Crippen molar-refractivity contribution < 1.29 is 18.7 Å². The molecule has 4 aromatic rings. The van der Waals surface area contributed by atoms with E-state index < -0.39 is 21.2 Å². The molecule has 0 unspecified atom stereocenters. The Morgan fingerprint density at radius 1 is 1.04 bits per heavy atom. The molecule has 27 heavy (non-hydrogen) atoms. The van der Waals surface area contributed by atoms with Crippen LogP contribution < -0.4 is 0 Å². The van der Waals surface area contributed by atoms with E-state index in [-0.39, 0.29) is 26.9 Å². The van der Waals surface area contributed by atoms with E-state index in [9.17, 15) is 20.2 Å². The van der Waals surface area contributed by atoms with Crippen LogP contribution >= 0.6 is 11.8 Å². The Morgan fingerprint density at radius 3 is 2.56 bits per heavy atom. The third-order valence-corrected chi connectivity index (χ3v) is 4.47. The zero-order valence-corrected chi connectivity index (χ0v) is 14.0. The minimum Gasteiger partial charge on any atom is -0.459 e. The lowest BCUT2D eigenvalue weighted by Gasteiger charge is -2.05. The van der Waals surface area contributed by atoms with Gasteiger partial charge in [0.1, 0.15) is 4.90 Å². The third kappa shape index (κ3) is 2.97. The van der Waals surface area contributed by atoms with E-state index in [1.165, 1.54) is 24.6 Å². The van der Waals surface area contributed by atoms with Crippen molar-refractivity contribution in [2.24, 2.45) is 0 Å². The van der Waals surface area contributed by atoms with Crippen LogP contribution in [0.1, 0.15) is 0 Å². The quantitative estimate of drug-likeness (QED) is 0.366. The number of nitro groups is 2. The first-order valence-electron chi connectivity index (χ1n) is 7.30. The summed E-state index contributed by atoms with van der Waals surface area (Å²) < 4.78 is 10.6. The van der Waals surface area contributed by atoms with Gasteiger partial charge in [0.25, 0.3) is 22.5 Å². The summed E-state index contributed by atoms with van der Waals surface area (Å²) in [5.41, 5.74) is -0.784. The molecule has 0 fully saturated rings. The number of nitrogens with zero attached hydrogens (tertiary/aromatic N) is 5. The molecule has 134 valence electrons. The Bertz CT molecular complexity index is 1170. The first kappa shape index (κ1) is 16.7. The molecule has 0 N–H and O–H groups in total. The highest BCUT2D eigenvalue weighted by molar-refractivity contribution is 7.99. The second kappa shape index (κ2) is 6.49. The summed E-state index contributed by atoms with van der Waals surface area (Å²) in [6.45, 7) is 0. The van der Waals surface area contributed by atoms with Crippen molar-refractivity contribution in [2.75, 3.05) is 0 Å². The van der Waals surface area contributed by atoms with E-state index in [0.29, 0.717) is 5.76 Å². The van der Waals surface area contributed by atoms with Gasteiger partial charge in [-0.25, -0.2) is 0 Å². The monoisotopic (exact) mass is 385 g/mol. The molecule has 0 radical (unpaired) electrons. The van der Waals surface area contributed by atoms with Gasteiger partial charge in [-0.1, -0.05) is 0 Å². The molecule has 0 aliphatic carbocycles. The predicted octanol–water partition coefficient (Wildman–Crippen LogP) is 3.85. The Labute approximate surface area is 153 Å².